The Labute approximate surface area is 210 Å². The van der Waals surface area contributed by atoms with Crippen LogP contribution in [-0.2, 0) is 13.1 Å². The molecule has 1 aliphatic heterocycles. The molecule has 4 aromatic rings. The third-order valence-electron chi connectivity index (χ3n) is 6.58. The molecule has 9 nitrogen and oxygen atoms in total. The molecule has 1 aliphatic rings. The highest BCUT2D eigenvalue weighted by Crippen LogP contribution is 2.28. The second kappa shape index (κ2) is 10.7. The van der Waals surface area contributed by atoms with E-state index in [2.05, 4.69) is 61.3 Å². The standard InChI is InChI=1S/C27H30N8O/c1-19-4-2-5-22-21(19)16-24(23(33-22)17-32-27(36)25-26(28)31-11-10-30-25)35-13-3-12-34(14-15-35)18-20-6-8-29-9-7-20/h2,4-11,16H,3,12-15,17-18H2,1H3,(H2,28,31)(H,32,36). The monoisotopic (exact) mass is 482 g/mol. The number of carbonyl (C=O) groups excluding carboxylic acids is 1. The lowest BCUT2D eigenvalue weighted by molar-refractivity contribution is 0.0946. The van der Waals surface area contributed by atoms with Crippen molar-refractivity contribution in [2.24, 2.45) is 0 Å². The van der Waals surface area contributed by atoms with Crippen LogP contribution in [-0.4, -0.2) is 56.9 Å². The van der Waals surface area contributed by atoms with Crippen LogP contribution in [0.4, 0.5) is 11.5 Å². The van der Waals surface area contributed by atoms with Gasteiger partial charge in [-0.1, -0.05) is 12.1 Å². The molecule has 36 heavy (non-hydrogen) atoms. The van der Waals surface area contributed by atoms with Gasteiger partial charge in [0.1, 0.15) is 0 Å². The van der Waals surface area contributed by atoms with Crippen LogP contribution in [0.15, 0.2) is 61.2 Å². The van der Waals surface area contributed by atoms with Crippen LogP contribution in [0.25, 0.3) is 10.9 Å². The van der Waals surface area contributed by atoms with Gasteiger partial charge in [-0.2, -0.15) is 0 Å². The number of benzene rings is 1. The average molecular weight is 483 g/mol. The van der Waals surface area contributed by atoms with E-state index in [-0.39, 0.29) is 24.0 Å². The van der Waals surface area contributed by atoms with Crippen molar-refractivity contribution in [1.82, 2.24) is 30.2 Å². The van der Waals surface area contributed by atoms with E-state index in [1.165, 1.54) is 23.5 Å². The Morgan fingerprint density at radius 3 is 2.69 bits per heavy atom. The zero-order valence-corrected chi connectivity index (χ0v) is 20.4. The number of hydrogen-bond acceptors (Lipinski definition) is 8. The molecule has 0 radical (unpaired) electrons. The molecular formula is C27H30N8O. The highest BCUT2D eigenvalue weighted by atomic mass is 16.1. The average Bonchev–Trinajstić information content (AvgIpc) is 3.13. The smallest absolute Gasteiger partial charge is 0.274 e. The van der Waals surface area contributed by atoms with Crippen LogP contribution in [0.1, 0.15) is 33.7 Å². The number of fused-ring (bicyclic) bond motifs is 1. The van der Waals surface area contributed by atoms with Gasteiger partial charge in [0.15, 0.2) is 11.5 Å². The van der Waals surface area contributed by atoms with E-state index < -0.39 is 0 Å². The number of aromatic nitrogens is 4. The molecule has 1 amide bonds. The Morgan fingerprint density at radius 2 is 1.86 bits per heavy atom. The first-order valence-corrected chi connectivity index (χ1v) is 12.2. The predicted octanol–water partition coefficient (Wildman–Crippen LogP) is 2.95. The van der Waals surface area contributed by atoms with E-state index in [1.807, 2.05) is 24.5 Å². The Balaban J connectivity index is 1.39. The second-order valence-electron chi connectivity index (χ2n) is 9.04. The molecular weight excluding hydrogens is 452 g/mol. The highest BCUT2D eigenvalue weighted by Gasteiger charge is 2.21. The fourth-order valence-corrected chi connectivity index (χ4v) is 4.66. The molecule has 0 aliphatic carbocycles. The van der Waals surface area contributed by atoms with E-state index in [1.54, 1.807) is 0 Å². The topological polar surface area (TPSA) is 113 Å². The van der Waals surface area contributed by atoms with Crippen LogP contribution < -0.4 is 16.0 Å². The molecule has 0 unspecified atom stereocenters. The quantitative estimate of drug-likeness (QED) is 0.431. The molecule has 5 rings (SSSR count). The molecule has 3 aromatic heterocycles. The van der Waals surface area contributed by atoms with Gasteiger partial charge in [0.2, 0.25) is 0 Å². The Morgan fingerprint density at radius 1 is 1.03 bits per heavy atom. The number of hydrogen-bond donors (Lipinski definition) is 2. The minimum absolute atomic E-state index is 0.110. The van der Waals surface area contributed by atoms with E-state index in [0.29, 0.717) is 0 Å². The zero-order chi connectivity index (χ0) is 24.9. The molecule has 1 fully saturated rings. The molecule has 9 heteroatoms. The summed E-state index contributed by atoms with van der Waals surface area (Å²) in [4.78, 5) is 34.8. The summed E-state index contributed by atoms with van der Waals surface area (Å²) in [6.07, 6.45) is 7.66. The van der Waals surface area contributed by atoms with Crippen molar-refractivity contribution in [3.8, 4) is 0 Å². The molecule has 3 N–H and O–H groups in total. The van der Waals surface area contributed by atoms with E-state index in [4.69, 9.17) is 10.7 Å². The number of amides is 1. The van der Waals surface area contributed by atoms with Gasteiger partial charge in [0, 0.05) is 62.9 Å². The minimum atomic E-state index is -0.364. The van der Waals surface area contributed by atoms with Gasteiger partial charge in [-0.25, -0.2) is 15.0 Å². The summed E-state index contributed by atoms with van der Waals surface area (Å²) in [6.45, 7) is 7.04. The number of nitrogen functional groups attached to an aromatic ring is 1. The number of carbonyl (C=O) groups is 1. The van der Waals surface area contributed by atoms with Crippen molar-refractivity contribution >= 4 is 28.3 Å². The molecule has 1 aromatic carbocycles. The maximum atomic E-state index is 12.8. The fraction of sp³-hybridized carbons (Fsp3) is 0.296. The van der Waals surface area contributed by atoms with Crippen LogP contribution in [0.2, 0.25) is 0 Å². The van der Waals surface area contributed by atoms with Gasteiger partial charge >= 0.3 is 0 Å². The summed E-state index contributed by atoms with van der Waals surface area (Å²) in [5.41, 5.74) is 11.2. The molecule has 1 saturated heterocycles. The number of anilines is 2. The largest absolute Gasteiger partial charge is 0.382 e. The Hall–Kier alpha value is -4.11. The van der Waals surface area contributed by atoms with E-state index >= 15 is 0 Å². The van der Waals surface area contributed by atoms with Gasteiger partial charge in [-0.3, -0.25) is 14.7 Å². The third kappa shape index (κ3) is 5.26. The van der Waals surface area contributed by atoms with Gasteiger partial charge in [-0.05, 0) is 48.7 Å². The first-order chi connectivity index (χ1) is 17.6. The van der Waals surface area contributed by atoms with E-state index in [9.17, 15) is 4.79 Å². The first-order valence-electron chi connectivity index (χ1n) is 12.2. The molecule has 0 bridgehead atoms. The summed E-state index contributed by atoms with van der Waals surface area (Å²) in [5, 5.41) is 4.07. The predicted molar refractivity (Wildman–Crippen MR) is 140 cm³/mol. The van der Waals surface area contributed by atoms with Crippen LogP contribution in [0.3, 0.4) is 0 Å². The zero-order valence-electron chi connectivity index (χ0n) is 20.4. The minimum Gasteiger partial charge on any atom is -0.382 e. The number of nitrogens with zero attached hydrogens (tertiary/aromatic N) is 6. The molecule has 184 valence electrons. The molecule has 0 spiro atoms. The number of aryl methyl sites for hydroxylation is 1. The highest BCUT2D eigenvalue weighted by molar-refractivity contribution is 5.96. The summed E-state index contributed by atoms with van der Waals surface area (Å²) >= 11 is 0. The number of rotatable bonds is 6. The fourth-order valence-electron chi connectivity index (χ4n) is 4.66. The van der Waals surface area contributed by atoms with Gasteiger partial charge in [0.25, 0.3) is 5.91 Å². The van der Waals surface area contributed by atoms with Gasteiger partial charge in [0.05, 0.1) is 23.4 Å². The SMILES string of the molecule is Cc1cccc2nc(CNC(=O)c3nccnc3N)c(N3CCCN(Cc4ccncc4)CC3)cc12. The second-order valence-corrected chi connectivity index (χ2v) is 9.04. The maximum Gasteiger partial charge on any atom is 0.274 e. The first kappa shape index (κ1) is 23.6. The van der Waals surface area contributed by atoms with Crippen molar-refractivity contribution in [3.05, 3.63) is 83.7 Å². The summed E-state index contributed by atoms with van der Waals surface area (Å²) < 4.78 is 0. The van der Waals surface area contributed by atoms with Crippen LogP contribution in [0, 0.1) is 6.92 Å². The molecule has 0 atom stereocenters. The van der Waals surface area contributed by atoms with Gasteiger partial charge < -0.3 is 16.0 Å². The number of nitrogens with one attached hydrogen (secondary N) is 1. The lowest BCUT2D eigenvalue weighted by Crippen LogP contribution is -2.32. The van der Waals surface area contributed by atoms with Crippen LogP contribution in [0.5, 0.6) is 0 Å². The number of pyridine rings is 2. The lowest BCUT2D eigenvalue weighted by atomic mass is 10.1. The molecule has 4 heterocycles. The summed E-state index contributed by atoms with van der Waals surface area (Å²) in [6, 6.07) is 12.5. The summed E-state index contributed by atoms with van der Waals surface area (Å²) in [7, 11) is 0. The third-order valence-corrected chi connectivity index (χ3v) is 6.58. The van der Waals surface area contributed by atoms with Crippen molar-refractivity contribution in [2.45, 2.75) is 26.4 Å². The van der Waals surface area contributed by atoms with Crippen LogP contribution >= 0.6 is 0 Å². The maximum absolute atomic E-state index is 12.8. The van der Waals surface area contributed by atoms with Gasteiger partial charge in [-0.15, -0.1) is 0 Å². The number of nitrogens with two attached hydrogens (primary N) is 1. The Bertz CT molecular complexity index is 1360. The van der Waals surface area contributed by atoms with Crippen molar-refractivity contribution in [3.63, 3.8) is 0 Å². The lowest BCUT2D eigenvalue weighted by Gasteiger charge is -2.26. The molecule has 0 saturated carbocycles. The summed E-state index contributed by atoms with van der Waals surface area (Å²) in [5.74, 6) is -0.254. The van der Waals surface area contributed by atoms with Crippen molar-refractivity contribution in [2.75, 3.05) is 36.8 Å². The normalized spacial score (nSPS) is 14.5. The van der Waals surface area contributed by atoms with Crippen molar-refractivity contribution in [1.29, 1.82) is 0 Å². The van der Waals surface area contributed by atoms with Crippen molar-refractivity contribution < 1.29 is 4.79 Å². The van der Waals surface area contributed by atoms with E-state index in [0.717, 1.165) is 61.4 Å². The Kier molecular flexibility index (Phi) is 6.99.